The third-order valence-corrected chi connectivity index (χ3v) is 4.97. The molecule has 0 bridgehead atoms. The fourth-order valence-electron chi connectivity index (χ4n) is 3.42. The van der Waals surface area contributed by atoms with Gasteiger partial charge in [-0.1, -0.05) is 57.0 Å². The summed E-state index contributed by atoms with van der Waals surface area (Å²) in [6.07, 6.45) is 6.33. The molecule has 1 aliphatic heterocycles. The Kier molecular flexibility index (Phi) is 6.35. The minimum atomic E-state index is -0.641. The van der Waals surface area contributed by atoms with Gasteiger partial charge in [0.15, 0.2) is 6.23 Å². The first-order valence-electron chi connectivity index (χ1n) is 9.83. The maximum atomic E-state index is 10.3. The highest BCUT2D eigenvalue weighted by atomic mass is 16.3. The van der Waals surface area contributed by atoms with Crippen molar-refractivity contribution in [2.75, 3.05) is 23.3 Å². The normalized spacial score (nSPS) is 17.2. The van der Waals surface area contributed by atoms with E-state index in [0.29, 0.717) is 0 Å². The van der Waals surface area contributed by atoms with Crippen LogP contribution in [0.5, 0.6) is 0 Å². The zero-order valence-electron chi connectivity index (χ0n) is 15.9. The smallest absolute Gasteiger partial charge is 0.151 e. The van der Waals surface area contributed by atoms with Gasteiger partial charge in [-0.15, -0.1) is 0 Å². The highest BCUT2D eigenvalue weighted by Crippen LogP contribution is 2.35. The van der Waals surface area contributed by atoms with Crippen LogP contribution in [0.2, 0.25) is 0 Å². The third-order valence-electron chi connectivity index (χ3n) is 4.97. The van der Waals surface area contributed by atoms with Crippen LogP contribution in [0, 0.1) is 0 Å². The van der Waals surface area contributed by atoms with Crippen molar-refractivity contribution in [1.82, 2.24) is 0 Å². The van der Waals surface area contributed by atoms with Gasteiger partial charge in [0.1, 0.15) is 0 Å². The topological polar surface area (TPSA) is 35.5 Å². The fraction of sp³-hybridized carbons (Fsp3) is 0.391. The van der Waals surface area contributed by atoms with Crippen LogP contribution >= 0.6 is 0 Å². The lowest BCUT2D eigenvalue weighted by Gasteiger charge is -2.24. The summed E-state index contributed by atoms with van der Waals surface area (Å²) in [4.78, 5) is 2.49. The van der Waals surface area contributed by atoms with E-state index in [1.54, 1.807) is 0 Å². The molecule has 2 aromatic carbocycles. The zero-order chi connectivity index (χ0) is 18.4. The molecule has 0 radical (unpaired) electrons. The molecule has 0 saturated heterocycles. The molecule has 0 fully saturated rings. The molecule has 0 aromatic heterocycles. The van der Waals surface area contributed by atoms with Crippen molar-refractivity contribution in [3.63, 3.8) is 0 Å². The molecule has 3 nitrogen and oxygen atoms in total. The lowest BCUT2D eigenvalue weighted by molar-refractivity contribution is 0.266. The Morgan fingerprint density at radius 2 is 1.62 bits per heavy atom. The molecule has 2 aromatic rings. The minimum absolute atomic E-state index is 0.641. The van der Waals surface area contributed by atoms with Crippen molar-refractivity contribution in [3.8, 4) is 0 Å². The molecule has 1 atom stereocenters. The molecule has 138 valence electrons. The van der Waals surface area contributed by atoms with E-state index in [4.69, 9.17) is 0 Å². The number of fused-ring (bicyclic) bond motifs is 1. The van der Waals surface area contributed by atoms with Crippen LogP contribution in [-0.4, -0.2) is 24.4 Å². The molecule has 2 N–H and O–H groups in total. The molecular weight excluding hydrogens is 320 g/mol. The molecule has 3 heteroatoms. The van der Waals surface area contributed by atoms with E-state index in [1.165, 1.54) is 31.4 Å². The fourth-order valence-corrected chi connectivity index (χ4v) is 3.42. The van der Waals surface area contributed by atoms with Gasteiger partial charge in [0.25, 0.3) is 0 Å². The number of aliphatic hydroxyl groups is 1. The lowest BCUT2D eigenvalue weighted by atomic mass is 10.0. The first-order valence-corrected chi connectivity index (χ1v) is 9.83. The number of rotatable bonds is 8. The van der Waals surface area contributed by atoms with Crippen LogP contribution in [0.4, 0.5) is 11.4 Å². The predicted octanol–water partition coefficient (Wildman–Crippen LogP) is 5.38. The van der Waals surface area contributed by atoms with E-state index in [9.17, 15) is 5.11 Å². The van der Waals surface area contributed by atoms with Crippen molar-refractivity contribution in [3.05, 3.63) is 59.7 Å². The van der Waals surface area contributed by atoms with Gasteiger partial charge in [0, 0.05) is 35.6 Å². The van der Waals surface area contributed by atoms with E-state index in [0.717, 1.165) is 35.5 Å². The maximum absolute atomic E-state index is 10.3. The van der Waals surface area contributed by atoms with Crippen molar-refractivity contribution in [1.29, 1.82) is 0 Å². The SMILES string of the molecule is CCCCN(CCCC)c1ccc(/C=C2/c3ccccc3NC2O)cc1. The van der Waals surface area contributed by atoms with Crippen LogP contribution < -0.4 is 10.2 Å². The third kappa shape index (κ3) is 4.28. The molecule has 1 heterocycles. The Labute approximate surface area is 157 Å². The van der Waals surface area contributed by atoms with Crippen LogP contribution in [-0.2, 0) is 0 Å². The van der Waals surface area contributed by atoms with Gasteiger partial charge in [-0.05, 0) is 42.7 Å². The molecule has 0 amide bonds. The van der Waals surface area contributed by atoms with E-state index in [-0.39, 0.29) is 0 Å². The zero-order valence-corrected chi connectivity index (χ0v) is 15.9. The second-order valence-electron chi connectivity index (χ2n) is 6.98. The van der Waals surface area contributed by atoms with E-state index < -0.39 is 6.23 Å². The monoisotopic (exact) mass is 350 g/mol. The highest BCUT2D eigenvalue weighted by molar-refractivity contribution is 5.94. The lowest BCUT2D eigenvalue weighted by Crippen LogP contribution is -2.25. The van der Waals surface area contributed by atoms with Gasteiger partial charge in [-0.2, -0.15) is 0 Å². The average Bonchev–Trinajstić information content (AvgIpc) is 2.98. The van der Waals surface area contributed by atoms with Crippen LogP contribution in [0.25, 0.3) is 11.6 Å². The van der Waals surface area contributed by atoms with Crippen molar-refractivity contribution in [2.24, 2.45) is 0 Å². The Morgan fingerprint density at radius 3 is 2.27 bits per heavy atom. The highest BCUT2D eigenvalue weighted by Gasteiger charge is 2.23. The Hall–Kier alpha value is -2.26. The van der Waals surface area contributed by atoms with Crippen molar-refractivity contribution >= 4 is 23.0 Å². The van der Waals surface area contributed by atoms with Crippen molar-refractivity contribution < 1.29 is 5.11 Å². The predicted molar refractivity (Wildman–Crippen MR) is 112 cm³/mol. The number of hydrogen-bond donors (Lipinski definition) is 2. The molecule has 0 spiro atoms. The summed E-state index contributed by atoms with van der Waals surface area (Å²) < 4.78 is 0. The second kappa shape index (κ2) is 8.91. The van der Waals surface area contributed by atoms with Gasteiger partial charge in [-0.25, -0.2) is 0 Å². The number of para-hydroxylation sites is 1. The number of nitrogens with zero attached hydrogens (tertiary/aromatic N) is 1. The molecule has 1 aliphatic rings. The van der Waals surface area contributed by atoms with Gasteiger partial charge >= 0.3 is 0 Å². The van der Waals surface area contributed by atoms with E-state index in [1.807, 2.05) is 18.2 Å². The Bertz CT molecular complexity index is 728. The van der Waals surface area contributed by atoms with Gasteiger partial charge in [0.05, 0.1) is 0 Å². The summed E-state index contributed by atoms with van der Waals surface area (Å²) >= 11 is 0. The van der Waals surface area contributed by atoms with Gasteiger partial charge < -0.3 is 15.3 Å². The Balaban J connectivity index is 1.78. The maximum Gasteiger partial charge on any atom is 0.151 e. The van der Waals surface area contributed by atoms with Crippen LogP contribution in [0.15, 0.2) is 48.5 Å². The summed E-state index contributed by atoms with van der Waals surface area (Å²) in [5, 5.41) is 13.4. The van der Waals surface area contributed by atoms with E-state index >= 15 is 0 Å². The molecule has 0 aliphatic carbocycles. The van der Waals surface area contributed by atoms with Gasteiger partial charge in [-0.3, -0.25) is 0 Å². The molecule has 0 saturated carbocycles. The number of unbranched alkanes of at least 4 members (excludes halogenated alkanes) is 2. The number of anilines is 2. The quantitative estimate of drug-likeness (QED) is 0.671. The summed E-state index contributed by atoms with van der Waals surface area (Å²) in [7, 11) is 0. The summed E-state index contributed by atoms with van der Waals surface area (Å²) in [6, 6.07) is 16.8. The van der Waals surface area contributed by atoms with E-state index in [2.05, 4.69) is 60.5 Å². The minimum Gasteiger partial charge on any atom is -0.372 e. The summed E-state index contributed by atoms with van der Waals surface area (Å²) in [5.74, 6) is 0. The summed E-state index contributed by atoms with van der Waals surface area (Å²) in [5.41, 5.74) is 5.42. The molecule has 26 heavy (non-hydrogen) atoms. The summed E-state index contributed by atoms with van der Waals surface area (Å²) in [6.45, 7) is 6.72. The largest absolute Gasteiger partial charge is 0.372 e. The first-order chi connectivity index (χ1) is 12.7. The van der Waals surface area contributed by atoms with Crippen molar-refractivity contribution in [2.45, 2.75) is 45.8 Å². The van der Waals surface area contributed by atoms with Gasteiger partial charge in [0.2, 0.25) is 0 Å². The van der Waals surface area contributed by atoms with Crippen LogP contribution in [0.3, 0.4) is 0 Å². The average molecular weight is 351 g/mol. The molecule has 3 rings (SSSR count). The van der Waals surface area contributed by atoms with Crippen LogP contribution in [0.1, 0.15) is 50.7 Å². The number of benzene rings is 2. The number of aliphatic hydroxyl groups excluding tert-OH is 1. The molecule has 1 unspecified atom stereocenters. The Morgan fingerprint density at radius 1 is 0.962 bits per heavy atom. The number of nitrogens with one attached hydrogen (secondary N) is 1. The standard InChI is InChI=1S/C23H30N2O/c1-3-5-15-25(16-6-4-2)19-13-11-18(12-14-19)17-21-20-9-7-8-10-22(20)24-23(21)26/h7-14,17,23-24,26H,3-6,15-16H2,1-2H3/b21-17-. The second-order valence-corrected chi connectivity index (χ2v) is 6.98. The molecular formula is C23H30N2O. The first kappa shape index (κ1) is 18.5. The number of hydrogen-bond acceptors (Lipinski definition) is 3.